The van der Waals surface area contributed by atoms with E-state index in [0.29, 0.717) is 5.56 Å². The lowest BCUT2D eigenvalue weighted by molar-refractivity contribution is 0.0958. The number of carbonyl (C=O) groups excluding carboxylic acids is 1. The lowest BCUT2D eigenvalue weighted by Gasteiger charge is -2.34. The molecule has 2 aromatic carbocycles. The molecule has 0 radical (unpaired) electrons. The second kappa shape index (κ2) is 9.33. The van der Waals surface area contributed by atoms with Crippen LogP contribution in [0.25, 0.3) is 22.5 Å². The van der Waals surface area contributed by atoms with Gasteiger partial charge in [0.1, 0.15) is 6.54 Å². The van der Waals surface area contributed by atoms with E-state index in [1.165, 1.54) is 5.69 Å². The fraction of sp³-hybridized carbons (Fsp3) is 0.261. The van der Waals surface area contributed by atoms with Gasteiger partial charge in [0, 0.05) is 47.3 Å². The number of nitrogens with one attached hydrogen (secondary N) is 2. The van der Waals surface area contributed by atoms with Gasteiger partial charge in [0.25, 0.3) is 5.91 Å². The van der Waals surface area contributed by atoms with Crippen molar-refractivity contribution in [1.29, 1.82) is 5.26 Å². The summed E-state index contributed by atoms with van der Waals surface area (Å²) < 4.78 is 1.06. The quantitative estimate of drug-likeness (QED) is 0.547. The van der Waals surface area contributed by atoms with Crippen molar-refractivity contribution in [3.05, 3.63) is 58.6 Å². The van der Waals surface area contributed by atoms with E-state index in [4.69, 9.17) is 5.26 Å². The zero-order valence-electron chi connectivity index (χ0n) is 17.2. The predicted molar refractivity (Wildman–Crippen MR) is 125 cm³/mol. The Morgan fingerprint density at radius 3 is 2.71 bits per heavy atom. The Morgan fingerprint density at radius 2 is 1.97 bits per heavy atom. The molecule has 7 nitrogen and oxygen atoms in total. The molecule has 2 heterocycles. The number of aromatic amines is 1. The van der Waals surface area contributed by atoms with E-state index in [1.54, 1.807) is 12.1 Å². The van der Waals surface area contributed by atoms with Crippen LogP contribution < -0.4 is 10.2 Å². The smallest absolute Gasteiger partial charge is 0.252 e. The third-order valence-corrected chi connectivity index (χ3v) is 6.06. The molecule has 1 aliphatic rings. The largest absolute Gasteiger partial charge is 0.368 e. The topological polar surface area (TPSA) is 88.0 Å². The van der Waals surface area contributed by atoms with Gasteiger partial charge < -0.3 is 15.1 Å². The Balaban J connectivity index is 1.53. The number of nitrogens with zero attached hydrogens (tertiary/aromatic N) is 4. The van der Waals surface area contributed by atoms with Crippen LogP contribution in [-0.4, -0.2) is 60.8 Å². The lowest BCUT2D eigenvalue weighted by Crippen LogP contribution is -2.44. The molecule has 0 saturated carbocycles. The van der Waals surface area contributed by atoms with E-state index in [1.807, 2.05) is 24.3 Å². The highest BCUT2D eigenvalue weighted by Crippen LogP contribution is 2.32. The van der Waals surface area contributed by atoms with Crippen LogP contribution in [0.4, 0.5) is 5.69 Å². The number of benzene rings is 2. The van der Waals surface area contributed by atoms with Gasteiger partial charge in [-0.2, -0.15) is 10.4 Å². The molecule has 0 spiro atoms. The number of carbonyl (C=O) groups is 1. The van der Waals surface area contributed by atoms with Crippen molar-refractivity contribution >= 4 is 27.5 Å². The van der Waals surface area contributed by atoms with Crippen LogP contribution in [0.5, 0.6) is 0 Å². The van der Waals surface area contributed by atoms with Crippen LogP contribution in [0.3, 0.4) is 0 Å². The zero-order valence-corrected chi connectivity index (χ0v) is 18.8. The van der Waals surface area contributed by atoms with Crippen LogP contribution in [0.1, 0.15) is 10.4 Å². The maximum absolute atomic E-state index is 12.1. The summed E-state index contributed by atoms with van der Waals surface area (Å²) in [7, 11) is 2.15. The molecule has 1 aliphatic heterocycles. The average molecular weight is 479 g/mol. The standard InChI is InChI=1S/C23H23BrN6O/c1-29-9-11-30(12-10-29)22-6-5-17(14-19(22)24)21-15-20(27-28-21)16-3-2-4-18(13-16)23(31)26-8-7-25/h2-6,13-15H,8-12H2,1H3,(H,26,31)(H,27,28). The Hall–Kier alpha value is -3.15. The van der Waals surface area contributed by atoms with E-state index in [9.17, 15) is 4.79 Å². The van der Waals surface area contributed by atoms with E-state index >= 15 is 0 Å². The van der Waals surface area contributed by atoms with Crippen molar-refractivity contribution in [1.82, 2.24) is 20.4 Å². The van der Waals surface area contributed by atoms with Crippen LogP contribution in [-0.2, 0) is 0 Å². The maximum atomic E-state index is 12.1. The minimum absolute atomic E-state index is 0.0192. The predicted octanol–water partition coefficient (Wildman–Crippen LogP) is 3.51. The normalized spacial score (nSPS) is 14.3. The van der Waals surface area contributed by atoms with Gasteiger partial charge in [-0.15, -0.1) is 0 Å². The van der Waals surface area contributed by atoms with Gasteiger partial charge in [0.05, 0.1) is 23.1 Å². The summed E-state index contributed by atoms with van der Waals surface area (Å²) in [5.41, 5.74) is 5.22. The second-order valence-electron chi connectivity index (χ2n) is 7.54. The molecule has 1 amide bonds. The number of halogens is 1. The van der Waals surface area contributed by atoms with Crippen molar-refractivity contribution in [2.45, 2.75) is 0 Å². The number of amides is 1. The number of hydrogen-bond acceptors (Lipinski definition) is 5. The molecule has 158 valence electrons. The number of aromatic nitrogens is 2. The average Bonchev–Trinajstić information content (AvgIpc) is 3.29. The molecular formula is C23H23BrN6O. The maximum Gasteiger partial charge on any atom is 0.252 e. The van der Waals surface area contributed by atoms with Crippen LogP contribution in [0, 0.1) is 11.3 Å². The van der Waals surface area contributed by atoms with Gasteiger partial charge in [-0.05, 0) is 53.3 Å². The van der Waals surface area contributed by atoms with Crippen molar-refractivity contribution in [3.8, 4) is 28.6 Å². The first-order valence-corrected chi connectivity index (χ1v) is 10.9. The van der Waals surface area contributed by atoms with E-state index in [0.717, 1.165) is 53.2 Å². The molecule has 3 aromatic rings. The molecule has 8 heteroatoms. The van der Waals surface area contributed by atoms with Gasteiger partial charge in [-0.1, -0.05) is 18.2 Å². The summed E-state index contributed by atoms with van der Waals surface area (Å²) in [4.78, 5) is 16.9. The highest BCUT2D eigenvalue weighted by molar-refractivity contribution is 9.10. The first-order valence-electron chi connectivity index (χ1n) is 10.1. The van der Waals surface area contributed by atoms with E-state index in [2.05, 4.69) is 66.5 Å². The number of rotatable bonds is 5. The van der Waals surface area contributed by atoms with E-state index < -0.39 is 0 Å². The van der Waals surface area contributed by atoms with Gasteiger partial charge in [0.2, 0.25) is 0 Å². The SMILES string of the molecule is CN1CCN(c2ccc(-c3cc(-c4cccc(C(=O)NCC#N)c4)n[nH]3)cc2Br)CC1. The van der Waals surface area contributed by atoms with Gasteiger partial charge in [-0.25, -0.2) is 0 Å². The second-order valence-corrected chi connectivity index (χ2v) is 8.40. The molecular weight excluding hydrogens is 456 g/mol. The van der Waals surface area contributed by atoms with Gasteiger partial charge in [-0.3, -0.25) is 9.89 Å². The molecule has 0 unspecified atom stereocenters. The Kier molecular flexibility index (Phi) is 6.35. The molecule has 4 rings (SSSR count). The Bertz CT molecular complexity index is 1130. The first kappa shape index (κ1) is 21.1. The number of H-pyrrole nitrogens is 1. The van der Waals surface area contributed by atoms with Crippen molar-refractivity contribution in [3.63, 3.8) is 0 Å². The van der Waals surface area contributed by atoms with Crippen LogP contribution >= 0.6 is 15.9 Å². The van der Waals surface area contributed by atoms with E-state index in [-0.39, 0.29) is 12.5 Å². The molecule has 0 aliphatic carbocycles. The molecule has 2 N–H and O–H groups in total. The summed E-state index contributed by atoms with van der Waals surface area (Å²) in [6.45, 7) is 4.13. The van der Waals surface area contributed by atoms with Crippen LogP contribution in [0.15, 0.2) is 53.0 Å². The number of piperazine rings is 1. The summed E-state index contributed by atoms with van der Waals surface area (Å²) in [6, 6.07) is 17.5. The summed E-state index contributed by atoms with van der Waals surface area (Å²) in [5, 5.41) is 18.7. The number of nitriles is 1. The fourth-order valence-corrected chi connectivity index (χ4v) is 4.27. The molecule has 0 bridgehead atoms. The number of likely N-dealkylation sites (N-methyl/N-ethyl adjacent to an activating group) is 1. The monoisotopic (exact) mass is 478 g/mol. The number of anilines is 1. The molecule has 1 saturated heterocycles. The summed E-state index contributed by atoms with van der Waals surface area (Å²) in [5.74, 6) is -0.275. The Labute approximate surface area is 189 Å². The lowest BCUT2D eigenvalue weighted by atomic mass is 10.1. The molecule has 0 atom stereocenters. The fourth-order valence-electron chi connectivity index (χ4n) is 3.64. The van der Waals surface area contributed by atoms with Gasteiger partial charge >= 0.3 is 0 Å². The summed E-state index contributed by atoms with van der Waals surface area (Å²) >= 11 is 3.74. The highest BCUT2D eigenvalue weighted by Gasteiger charge is 2.17. The molecule has 31 heavy (non-hydrogen) atoms. The minimum atomic E-state index is -0.275. The van der Waals surface area contributed by atoms with Crippen LogP contribution in [0.2, 0.25) is 0 Å². The Morgan fingerprint density at radius 1 is 1.16 bits per heavy atom. The van der Waals surface area contributed by atoms with Crippen molar-refractivity contribution in [2.75, 3.05) is 44.7 Å². The molecule has 1 aromatic heterocycles. The number of hydrogen-bond donors (Lipinski definition) is 2. The van der Waals surface area contributed by atoms with Crippen molar-refractivity contribution < 1.29 is 4.79 Å². The van der Waals surface area contributed by atoms with Crippen molar-refractivity contribution in [2.24, 2.45) is 0 Å². The summed E-state index contributed by atoms with van der Waals surface area (Å²) in [6.07, 6.45) is 0. The molecule has 1 fully saturated rings. The first-order chi connectivity index (χ1) is 15.0. The third-order valence-electron chi connectivity index (χ3n) is 5.43. The zero-order chi connectivity index (χ0) is 21.8. The third kappa shape index (κ3) is 4.79. The highest BCUT2D eigenvalue weighted by atomic mass is 79.9. The minimum Gasteiger partial charge on any atom is -0.368 e. The van der Waals surface area contributed by atoms with Gasteiger partial charge in [0.15, 0.2) is 0 Å².